The molecule has 1 heterocycles. The topological polar surface area (TPSA) is 103 Å². The van der Waals surface area contributed by atoms with Crippen LogP contribution in [0.1, 0.15) is 0 Å². The van der Waals surface area contributed by atoms with Crippen molar-refractivity contribution in [3.05, 3.63) is 38.7 Å². The molecule has 0 spiro atoms. The summed E-state index contributed by atoms with van der Waals surface area (Å²) in [5.74, 6) is -0.337. The van der Waals surface area contributed by atoms with Gasteiger partial charge in [0.15, 0.2) is 0 Å². The fraction of sp³-hybridized carbons (Fsp3) is 0.100. The molecule has 0 atom stereocenters. The van der Waals surface area contributed by atoms with Crippen LogP contribution in [0.15, 0.2) is 27.4 Å². The SMILES string of the molecule is COc1ccc2oc(=O)c([N+](=O)[O-])c(O)c2c1. The largest absolute Gasteiger partial charge is 0.501 e. The Kier molecular flexibility index (Phi) is 2.43. The van der Waals surface area contributed by atoms with Gasteiger partial charge in [-0.05, 0) is 18.2 Å². The van der Waals surface area contributed by atoms with Crippen LogP contribution in [0.4, 0.5) is 5.69 Å². The summed E-state index contributed by atoms with van der Waals surface area (Å²) in [5, 5.41) is 20.3. The highest BCUT2D eigenvalue weighted by Crippen LogP contribution is 2.33. The Morgan fingerprint density at radius 1 is 1.47 bits per heavy atom. The Balaban J connectivity index is 2.88. The van der Waals surface area contributed by atoms with Crippen molar-refractivity contribution >= 4 is 16.7 Å². The van der Waals surface area contributed by atoms with E-state index in [-0.39, 0.29) is 11.0 Å². The molecule has 7 heteroatoms. The summed E-state index contributed by atoms with van der Waals surface area (Å²) in [5.41, 5.74) is -2.12. The molecule has 0 aliphatic heterocycles. The lowest BCUT2D eigenvalue weighted by Gasteiger charge is -2.03. The van der Waals surface area contributed by atoms with E-state index in [0.717, 1.165) is 0 Å². The number of ether oxygens (including phenoxy) is 1. The minimum absolute atomic E-state index is 0.0515. The first-order chi connectivity index (χ1) is 8.04. The van der Waals surface area contributed by atoms with Crippen molar-refractivity contribution in [1.82, 2.24) is 0 Å². The number of nitrogens with zero attached hydrogens (tertiary/aromatic N) is 1. The van der Waals surface area contributed by atoms with Gasteiger partial charge in [-0.2, -0.15) is 0 Å². The zero-order chi connectivity index (χ0) is 12.6. The van der Waals surface area contributed by atoms with Crippen LogP contribution in [0.3, 0.4) is 0 Å². The second-order valence-corrected chi connectivity index (χ2v) is 3.21. The van der Waals surface area contributed by atoms with E-state index in [1.165, 1.54) is 25.3 Å². The number of hydrogen-bond acceptors (Lipinski definition) is 6. The maximum Gasteiger partial charge on any atom is 0.419 e. The molecule has 88 valence electrons. The molecule has 7 nitrogen and oxygen atoms in total. The molecule has 2 rings (SSSR count). The van der Waals surface area contributed by atoms with Crippen LogP contribution in [0.25, 0.3) is 11.0 Å². The van der Waals surface area contributed by atoms with E-state index in [1.807, 2.05) is 0 Å². The van der Waals surface area contributed by atoms with Gasteiger partial charge in [0.1, 0.15) is 11.3 Å². The number of benzene rings is 1. The van der Waals surface area contributed by atoms with Crippen LogP contribution in [-0.2, 0) is 0 Å². The van der Waals surface area contributed by atoms with Gasteiger partial charge in [0.2, 0.25) is 5.75 Å². The van der Waals surface area contributed by atoms with Gasteiger partial charge in [0.05, 0.1) is 17.4 Å². The molecule has 0 saturated carbocycles. The zero-order valence-corrected chi connectivity index (χ0v) is 8.67. The Hall–Kier alpha value is -2.57. The Morgan fingerprint density at radius 3 is 2.76 bits per heavy atom. The minimum atomic E-state index is -1.19. The molecule has 1 aromatic heterocycles. The van der Waals surface area contributed by atoms with Crippen molar-refractivity contribution in [1.29, 1.82) is 0 Å². The first-order valence-corrected chi connectivity index (χ1v) is 4.53. The molecule has 0 unspecified atom stereocenters. The van der Waals surface area contributed by atoms with E-state index in [9.17, 15) is 20.0 Å². The van der Waals surface area contributed by atoms with Crippen LogP contribution in [-0.4, -0.2) is 17.1 Å². The zero-order valence-electron chi connectivity index (χ0n) is 8.67. The molecular formula is C10H7NO6. The summed E-state index contributed by atoms with van der Waals surface area (Å²) < 4.78 is 9.63. The van der Waals surface area contributed by atoms with Gasteiger partial charge >= 0.3 is 11.3 Å². The van der Waals surface area contributed by atoms with Crippen LogP contribution in [0.2, 0.25) is 0 Å². The summed E-state index contributed by atoms with van der Waals surface area (Å²) in [4.78, 5) is 20.9. The summed E-state index contributed by atoms with van der Waals surface area (Å²) in [6, 6.07) is 4.25. The molecule has 1 N–H and O–H groups in total. The van der Waals surface area contributed by atoms with E-state index in [0.29, 0.717) is 5.75 Å². The minimum Gasteiger partial charge on any atom is -0.501 e. The van der Waals surface area contributed by atoms with Crippen molar-refractivity contribution in [2.45, 2.75) is 0 Å². The highest BCUT2D eigenvalue weighted by atomic mass is 16.6. The van der Waals surface area contributed by atoms with Crippen molar-refractivity contribution in [3.8, 4) is 11.5 Å². The van der Waals surface area contributed by atoms with Gasteiger partial charge in [0, 0.05) is 0 Å². The fourth-order valence-corrected chi connectivity index (χ4v) is 1.44. The first-order valence-electron chi connectivity index (χ1n) is 4.53. The number of rotatable bonds is 2. The molecule has 0 saturated heterocycles. The maximum atomic E-state index is 11.3. The van der Waals surface area contributed by atoms with Crippen molar-refractivity contribution in [2.24, 2.45) is 0 Å². The molecule has 0 amide bonds. The average molecular weight is 237 g/mol. The average Bonchev–Trinajstić information content (AvgIpc) is 2.28. The lowest BCUT2D eigenvalue weighted by Crippen LogP contribution is -2.06. The van der Waals surface area contributed by atoms with E-state index < -0.39 is 22.0 Å². The number of nitro groups is 1. The normalized spacial score (nSPS) is 10.4. The molecular weight excluding hydrogens is 230 g/mol. The molecule has 0 bridgehead atoms. The summed E-state index contributed by atoms with van der Waals surface area (Å²) in [6.45, 7) is 0. The fourth-order valence-electron chi connectivity index (χ4n) is 1.44. The Morgan fingerprint density at radius 2 is 2.18 bits per heavy atom. The molecule has 0 aliphatic rings. The van der Waals surface area contributed by atoms with E-state index in [2.05, 4.69) is 0 Å². The first kappa shape index (κ1) is 10.9. The van der Waals surface area contributed by atoms with E-state index in [1.54, 1.807) is 0 Å². The van der Waals surface area contributed by atoms with Crippen LogP contribution in [0, 0.1) is 10.1 Å². The molecule has 17 heavy (non-hydrogen) atoms. The molecule has 0 aliphatic carbocycles. The summed E-state index contributed by atoms with van der Waals surface area (Å²) in [6.07, 6.45) is 0. The van der Waals surface area contributed by atoms with Crippen LogP contribution in [0.5, 0.6) is 11.5 Å². The van der Waals surface area contributed by atoms with Gasteiger partial charge in [-0.25, -0.2) is 4.79 Å². The standard InChI is InChI=1S/C10H7NO6/c1-16-5-2-3-7-6(4-5)9(12)8(11(14)15)10(13)17-7/h2-4,12H,1H3. The quantitative estimate of drug-likeness (QED) is 0.481. The Labute approximate surface area is 94.0 Å². The second kappa shape index (κ2) is 3.78. The monoisotopic (exact) mass is 237 g/mol. The van der Waals surface area contributed by atoms with E-state index >= 15 is 0 Å². The highest BCUT2D eigenvalue weighted by molar-refractivity contribution is 5.87. The molecule has 0 radical (unpaired) electrons. The van der Waals surface area contributed by atoms with Gasteiger partial charge in [-0.3, -0.25) is 10.1 Å². The van der Waals surface area contributed by atoms with Gasteiger partial charge in [-0.15, -0.1) is 0 Å². The third kappa shape index (κ3) is 1.67. The maximum absolute atomic E-state index is 11.3. The van der Waals surface area contributed by atoms with Gasteiger partial charge < -0.3 is 14.3 Å². The van der Waals surface area contributed by atoms with Crippen molar-refractivity contribution in [2.75, 3.05) is 7.11 Å². The van der Waals surface area contributed by atoms with Crippen molar-refractivity contribution < 1.29 is 19.2 Å². The van der Waals surface area contributed by atoms with Crippen LogP contribution < -0.4 is 10.4 Å². The third-order valence-corrected chi connectivity index (χ3v) is 2.24. The lowest BCUT2D eigenvalue weighted by molar-refractivity contribution is -0.388. The van der Waals surface area contributed by atoms with Crippen molar-refractivity contribution in [3.63, 3.8) is 0 Å². The van der Waals surface area contributed by atoms with Gasteiger partial charge in [-0.1, -0.05) is 0 Å². The highest BCUT2D eigenvalue weighted by Gasteiger charge is 2.24. The lowest BCUT2D eigenvalue weighted by atomic mass is 10.2. The second-order valence-electron chi connectivity index (χ2n) is 3.21. The number of methoxy groups -OCH3 is 1. The third-order valence-electron chi connectivity index (χ3n) is 2.24. The predicted octanol–water partition coefficient (Wildman–Crippen LogP) is 1.42. The summed E-state index contributed by atoms with van der Waals surface area (Å²) in [7, 11) is 1.41. The Bertz CT molecular complexity index is 660. The summed E-state index contributed by atoms with van der Waals surface area (Å²) >= 11 is 0. The number of hydrogen-bond donors (Lipinski definition) is 1. The van der Waals surface area contributed by atoms with Crippen LogP contribution >= 0.6 is 0 Å². The van der Waals surface area contributed by atoms with Gasteiger partial charge in [0.25, 0.3) is 0 Å². The molecule has 2 aromatic rings. The van der Waals surface area contributed by atoms with E-state index in [4.69, 9.17) is 9.15 Å². The number of fused-ring (bicyclic) bond motifs is 1. The molecule has 0 fully saturated rings. The predicted molar refractivity (Wildman–Crippen MR) is 57.4 cm³/mol. The smallest absolute Gasteiger partial charge is 0.419 e. The number of aromatic hydroxyl groups is 1. The molecule has 1 aromatic carbocycles.